The highest BCUT2D eigenvalue weighted by molar-refractivity contribution is 7.82. The number of urea groups is 1. The van der Waals surface area contributed by atoms with Gasteiger partial charge in [-0.2, -0.15) is 0 Å². The van der Waals surface area contributed by atoms with E-state index >= 15 is 0 Å². The van der Waals surface area contributed by atoms with E-state index in [0.29, 0.717) is 22.5 Å². The standard InChI is InChI=1S/C21H16N6O4S/c1-31-16-8-2-13(3-9-16)18-12-22-17-10-11-19(25-20(17)24-18)26(32)21(28)23-14-4-6-15(7-5-14)27(29)30/h2-12,32H,1H3,(H,23,28). The van der Waals surface area contributed by atoms with Crippen molar-refractivity contribution < 1.29 is 14.5 Å². The van der Waals surface area contributed by atoms with E-state index in [4.69, 9.17) is 4.74 Å². The zero-order valence-electron chi connectivity index (χ0n) is 16.7. The summed E-state index contributed by atoms with van der Waals surface area (Å²) in [7, 11) is 1.59. The van der Waals surface area contributed by atoms with Crippen LogP contribution in [0.5, 0.6) is 5.75 Å². The van der Waals surface area contributed by atoms with Gasteiger partial charge in [0.1, 0.15) is 17.1 Å². The fourth-order valence-electron chi connectivity index (χ4n) is 2.85. The summed E-state index contributed by atoms with van der Waals surface area (Å²) < 4.78 is 6.18. The van der Waals surface area contributed by atoms with Crippen molar-refractivity contribution in [3.05, 3.63) is 77.0 Å². The second kappa shape index (κ2) is 8.86. The quantitative estimate of drug-likeness (QED) is 0.262. The first-order chi connectivity index (χ1) is 15.4. The highest BCUT2D eigenvalue weighted by Gasteiger charge is 2.16. The minimum atomic E-state index is -0.590. The van der Waals surface area contributed by atoms with Crippen molar-refractivity contribution in [2.75, 3.05) is 16.7 Å². The zero-order chi connectivity index (χ0) is 22.7. The third-order valence-corrected chi connectivity index (χ3v) is 4.90. The molecule has 2 amide bonds. The highest BCUT2D eigenvalue weighted by atomic mass is 32.1. The summed E-state index contributed by atoms with van der Waals surface area (Å²) in [5.74, 6) is 0.967. The summed E-state index contributed by atoms with van der Waals surface area (Å²) in [5, 5.41) is 13.4. The number of hydrogen-bond donors (Lipinski definition) is 2. The molecule has 0 bridgehead atoms. The van der Waals surface area contributed by atoms with Crippen molar-refractivity contribution >= 4 is 47.2 Å². The molecule has 0 saturated heterocycles. The van der Waals surface area contributed by atoms with Gasteiger partial charge >= 0.3 is 6.03 Å². The van der Waals surface area contributed by atoms with Crippen LogP contribution in [0.15, 0.2) is 66.9 Å². The van der Waals surface area contributed by atoms with E-state index in [0.717, 1.165) is 15.6 Å². The van der Waals surface area contributed by atoms with E-state index in [-0.39, 0.29) is 11.5 Å². The predicted molar refractivity (Wildman–Crippen MR) is 123 cm³/mol. The summed E-state index contributed by atoms with van der Waals surface area (Å²) in [6, 6.07) is 15.5. The predicted octanol–water partition coefficient (Wildman–Crippen LogP) is 4.49. The first kappa shape index (κ1) is 21.0. The Hall–Kier alpha value is -4.25. The van der Waals surface area contributed by atoms with Crippen LogP contribution in [0.1, 0.15) is 0 Å². The fraction of sp³-hybridized carbons (Fsp3) is 0.0476. The van der Waals surface area contributed by atoms with Crippen molar-refractivity contribution in [1.82, 2.24) is 15.0 Å². The van der Waals surface area contributed by atoms with Crippen LogP contribution in [0.2, 0.25) is 0 Å². The zero-order valence-corrected chi connectivity index (χ0v) is 17.6. The van der Waals surface area contributed by atoms with E-state index in [9.17, 15) is 14.9 Å². The normalized spacial score (nSPS) is 10.6. The third-order valence-electron chi connectivity index (χ3n) is 4.52. The van der Waals surface area contributed by atoms with Gasteiger partial charge in [-0.05, 0) is 48.5 Å². The largest absolute Gasteiger partial charge is 0.497 e. The number of carbonyl (C=O) groups is 1. The number of pyridine rings is 1. The number of fused-ring (bicyclic) bond motifs is 1. The van der Waals surface area contributed by atoms with Crippen molar-refractivity contribution in [2.45, 2.75) is 0 Å². The molecule has 0 unspecified atom stereocenters. The lowest BCUT2D eigenvalue weighted by atomic mass is 10.1. The number of benzene rings is 2. The molecule has 2 aromatic carbocycles. The Balaban J connectivity index is 1.56. The van der Waals surface area contributed by atoms with Gasteiger partial charge in [-0.1, -0.05) is 12.8 Å². The van der Waals surface area contributed by atoms with E-state index in [1.807, 2.05) is 24.3 Å². The van der Waals surface area contributed by atoms with Gasteiger partial charge in [0, 0.05) is 23.4 Å². The number of methoxy groups -OCH3 is 1. The Labute approximate surface area is 187 Å². The number of aromatic nitrogens is 3. The molecule has 11 heteroatoms. The van der Waals surface area contributed by atoms with Crippen LogP contribution >= 0.6 is 12.8 Å². The van der Waals surface area contributed by atoms with Crippen LogP contribution < -0.4 is 14.4 Å². The second-order valence-electron chi connectivity index (χ2n) is 6.54. The molecule has 32 heavy (non-hydrogen) atoms. The molecule has 4 rings (SSSR count). The Bertz CT molecular complexity index is 1300. The first-order valence-electron chi connectivity index (χ1n) is 9.27. The van der Waals surface area contributed by atoms with Crippen LogP contribution in [0.4, 0.5) is 22.0 Å². The molecule has 0 saturated carbocycles. The molecule has 1 N–H and O–H groups in total. The van der Waals surface area contributed by atoms with Crippen LogP contribution in [0.25, 0.3) is 22.4 Å². The molecule has 0 aliphatic carbocycles. The smallest absolute Gasteiger partial charge is 0.337 e. The lowest BCUT2D eigenvalue weighted by Crippen LogP contribution is -2.27. The number of hydrogen-bond acceptors (Lipinski definition) is 8. The first-order valence-corrected chi connectivity index (χ1v) is 9.67. The topological polar surface area (TPSA) is 123 Å². The van der Waals surface area contributed by atoms with Gasteiger partial charge in [0.25, 0.3) is 5.69 Å². The molecule has 2 heterocycles. The van der Waals surface area contributed by atoms with Crippen LogP contribution in [0.3, 0.4) is 0 Å². The summed E-state index contributed by atoms with van der Waals surface area (Å²) in [6.45, 7) is 0. The van der Waals surface area contributed by atoms with Gasteiger partial charge < -0.3 is 10.1 Å². The number of ether oxygens (including phenoxy) is 1. The van der Waals surface area contributed by atoms with Gasteiger partial charge in [0.15, 0.2) is 5.65 Å². The van der Waals surface area contributed by atoms with Crippen LogP contribution in [-0.2, 0) is 0 Å². The molecule has 0 atom stereocenters. The molecule has 0 aliphatic heterocycles. The number of rotatable bonds is 5. The molecular weight excluding hydrogens is 432 g/mol. The summed E-state index contributed by atoms with van der Waals surface area (Å²) >= 11 is 4.23. The second-order valence-corrected chi connectivity index (χ2v) is 6.94. The lowest BCUT2D eigenvalue weighted by Gasteiger charge is -2.16. The minimum Gasteiger partial charge on any atom is -0.497 e. The molecule has 10 nitrogen and oxygen atoms in total. The maximum atomic E-state index is 12.5. The van der Waals surface area contributed by atoms with Crippen molar-refractivity contribution in [2.24, 2.45) is 0 Å². The average Bonchev–Trinajstić information content (AvgIpc) is 2.83. The molecule has 0 fully saturated rings. The van der Waals surface area contributed by atoms with E-state index < -0.39 is 11.0 Å². The SMILES string of the molecule is COc1ccc(-c2cnc3ccc(N(S)C(=O)Nc4ccc([N+](=O)[O-])cc4)nc3n2)cc1. The Morgan fingerprint density at radius 1 is 1.06 bits per heavy atom. The van der Waals surface area contributed by atoms with Gasteiger partial charge in [0.2, 0.25) is 0 Å². The third kappa shape index (κ3) is 4.42. The minimum absolute atomic E-state index is 0.0758. The molecular formula is C21H16N6O4S. The number of anilines is 2. The van der Waals surface area contributed by atoms with Gasteiger partial charge in [-0.3, -0.25) is 15.1 Å². The summed E-state index contributed by atoms with van der Waals surface area (Å²) in [6.07, 6.45) is 1.64. The highest BCUT2D eigenvalue weighted by Crippen LogP contribution is 2.24. The van der Waals surface area contributed by atoms with Gasteiger partial charge in [0.05, 0.1) is 23.9 Å². The van der Waals surface area contributed by atoms with E-state index in [1.54, 1.807) is 25.4 Å². The monoisotopic (exact) mass is 448 g/mol. The summed E-state index contributed by atoms with van der Waals surface area (Å²) in [5.41, 5.74) is 2.66. The maximum Gasteiger partial charge on any atom is 0.337 e. The molecule has 0 spiro atoms. The van der Waals surface area contributed by atoms with Crippen LogP contribution in [-0.4, -0.2) is 33.0 Å². The van der Waals surface area contributed by atoms with Crippen molar-refractivity contribution in [3.8, 4) is 17.0 Å². The van der Waals surface area contributed by atoms with Gasteiger partial charge in [-0.25, -0.2) is 19.1 Å². The lowest BCUT2D eigenvalue weighted by molar-refractivity contribution is -0.384. The molecule has 2 aromatic heterocycles. The molecule has 0 radical (unpaired) electrons. The van der Waals surface area contributed by atoms with E-state index in [1.165, 1.54) is 24.3 Å². The number of thiol groups is 1. The molecule has 0 aliphatic rings. The molecule has 160 valence electrons. The average molecular weight is 448 g/mol. The number of nitrogens with zero attached hydrogens (tertiary/aromatic N) is 5. The van der Waals surface area contributed by atoms with Crippen molar-refractivity contribution in [1.29, 1.82) is 0 Å². The Kier molecular flexibility index (Phi) is 5.81. The van der Waals surface area contributed by atoms with Gasteiger partial charge in [-0.15, -0.1) is 0 Å². The number of nitro groups is 1. The summed E-state index contributed by atoms with van der Waals surface area (Å²) in [4.78, 5) is 36.1. The number of nitrogens with one attached hydrogen (secondary N) is 1. The maximum absolute atomic E-state index is 12.5. The number of non-ortho nitro benzene ring substituents is 1. The van der Waals surface area contributed by atoms with E-state index in [2.05, 4.69) is 33.1 Å². The fourth-order valence-corrected chi connectivity index (χ4v) is 3.01. The number of nitro benzene ring substituents is 1. The number of amides is 2. The van der Waals surface area contributed by atoms with Crippen molar-refractivity contribution in [3.63, 3.8) is 0 Å². The number of carbonyl (C=O) groups excluding carboxylic acids is 1. The molecule has 4 aromatic rings. The van der Waals surface area contributed by atoms with Crippen LogP contribution in [0, 0.1) is 10.1 Å². The Morgan fingerprint density at radius 2 is 1.78 bits per heavy atom. The Morgan fingerprint density at radius 3 is 2.44 bits per heavy atom.